The van der Waals surface area contributed by atoms with Crippen LogP contribution in [0.15, 0.2) is 27.8 Å². The Hall–Kier alpha value is -2.66. The second-order valence-corrected chi connectivity index (χ2v) is 6.59. The molecule has 0 radical (unpaired) electrons. The van der Waals surface area contributed by atoms with Gasteiger partial charge in [-0.3, -0.25) is 9.36 Å². The molecular formula is C18H19N5O2S. The maximum Gasteiger partial charge on any atom is 0.352 e. The van der Waals surface area contributed by atoms with Gasteiger partial charge < -0.3 is 4.57 Å². The number of hydrogen-bond acceptors (Lipinski definition) is 6. The van der Waals surface area contributed by atoms with E-state index in [-0.39, 0.29) is 11.5 Å². The van der Waals surface area contributed by atoms with E-state index in [2.05, 4.69) is 28.7 Å². The molecule has 0 N–H and O–H groups in total. The summed E-state index contributed by atoms with van der Waals surface area (Å²) in [6.07, 6.45) is 3.71. The van der Waals surface area contributed by atoms with Crippen LogP contribution in [-0.2, 0) is 13.6 Å². The maximum absolute atomic E-state index is 12.8. The molecule has 8 heteroatoms. The van der Waals surface area contributed by atoms with Crippen LogP contribution >= 0.6 is 12.6 Å². The second-order valence-electron chi connectivity index (χ2n) is 6.15. The van der Waals surface area contributed by atoms with Crippen LogP contribution in [0.4, 0.5) is 0 Å². The van der Waals surface area contributed by atoms with Crippen molar-refractivity contribution in [3.05, 3.63) is 44.6 Å². The third-order valence-electron chi connectivity index (χ3n) is 4.40. The zero-order chi connectivity index (χ0) is 18.7. The van der Waals surface area contributed by atoms with Gasteiger partial charge in [-0.2, -0.15) is 22.9 Å². The third-order valence-corrected chi connectivity index (χ3v) is 4.71. The molecule has 26 heavy (non-hydrogen) atoms. The molecule has 3 rings (SSSR count). The van der Waals surface area contributed by atoms with Crippen molar-refractivity contribution in [1.29, 1.82) is 5.26 Å². The van der Waals surface area contributed by atoms with Gasteiger partial charge in [-0.05, 0) is 36.8 Å². The molecule has 2 aliphatic rings. The maximum atomic E-state index is 12.8. The largest absolute Gasteiger partial charge is 0.352 e. The normalized spacial score (nSPS) is 11.1. The van der Waals surface area contributed by atoms with Crippen molar-refractivity contribution in [2.24, 2.45) is 7.05 Å². The van der Waals surface area contributed by atoms with E-state index in [0.717, 1.165) is 36.0 Å². The topological polar surface area (TPSA) is 93.6 Å². The monoisotopic (exact) mass is 369 g/mol. The Morgan fingerprint density at radius 2 is 1.92 bits per heavy atom. The summed E-state index contributed by atoms with van der Waals surface area (Å²) in [7, 11) is 1.71. The highest BCUT2D eigenvalue weighted by Crippen LogP contribution is 2.20. The smallest absolute Gasteiger partial charge is 0.325 e. The van der Waals surface area contributed by atoms with Crippen molar-refractivity contribution in [2.45, 2.75) is 32.2 Å². The summed E-state index contributed by atoms with van der Waals surface area (Å²) in [6, 6.07) is 7.08. The summed E-state index contributed by atoms with van der Waals surface area (Å²) >= 11 is 4.17. The Balaban J connectivity index is 2.07. The van der Waals surface area contributed by atoms with Crippen molar-refractivity contribution >= 4 is 23.7 Å². The number of rotatable bonds is 6. The Morgan fingerprint density at radius 1 is 1.15 bits per heavy atom. The molecule has 0 amide bonds. The van der Waals surface area contributed by atoms with Gasteiger partial charge in [0.25, 0.3) is 5.56 Å². The molecule has 0 fully saturated rings. The SMILES string of the molecule is Cn1c2nc(=O)n(CCCCCCS)c(=O)c-2nc2ccc(C#N)cc21. The first-order chi connectivity index (χ1) is 12.6. The van der Waals surface area contributed by atoms with Crippen LogP contribution < -0.4 is 11.2 Å². The van der Waals surface area contributed by atoms with Gasteiger partial charge in [0, 0.05) is 13.6 Å². The number of aromatic nitrogens is 4. The Morgan fingerprint density at radius 3 is 2.65 bits per heavy atom. The lowest BCUT2D eigenvalue weighted by Crippen LogP contribution is -2.38. The Kier molecular flexibility index (Phi) is 5.38. The number of unbranched alkanes of at least 4 members (excludes halogenated alkanes) is 3. The molecule has 0 atom stereocenters. The van der Waals surface area contributed by atoms with Crippen LogP contribution in [0.3, 0.4) is 0 Å². The molecule has 1 aromatic carbocycles. The van der Waals surface area contributed by atoms with E-state index in [0.29, 0.717) is 23.1 Å². The van der Waals surface area contributed by atoms with Crippen molar-refractivity contribution in [3.8, 4) is 17.6 Å². The van der Waals surface area contributed by atoms with Gasteiger partial charge in [0.05, 0.1) is 22.7 Å². The minimum absolute atomic E-state index is 0.166. The lowest BCUT2D eigenvalue weighted by Gasteiger charge is -2.14. The number of aryl methyl sites for hydroxylation is 1. The molecule has 0 aliphatic carbocycles. The summed E-state index contributed by atoms with van der Waals surface area (Å²) in [5.74, 6) is 1.07. The number of hydrogen-bond donors (Lipinski definition) is 1. The van der Waals surface area contributed by atoms with E-state index in [1.54, 1.807) is 29.8 Å². The molecule has 2 aliphatic heterocycles. The Bertz CT molecular complexity index is 1080. The fraction of sp³-hybridized carbons (Fsp3) is 0.389. The van der Waals surface area contributed by atoms with Crippen molar-refractivity contribution < 1.29 is 0 Å². The van der Waals surface area contributed by atoms with E-state index in [9.17, 15) is 9.59 Å². The second kappa shape index (κ2) is 7.70. The fourth-order valence-corrected chi connectivity index (χ4v) is 3.19. The minimum atomic E-state index is -0.565. The molecule has 7 nitrogen and oxygen atoms in total. The highest BCUT2D eigenvalue weighted by atomic mass is 32.1. The van der Waals surface area contributed by atoms with E-state index >= 15 is 0 Å². The summed E-state index contributed by atoms with van der Waals surface area (Å²) in [6.45, 7) is 0.337. The predicted octanol–water partition coefficient (Wildman–Crippen LogP) is 1.96. The molecular weight excluding hydrogens is 350 g/mol. The summed E-state index contributed by atoms with van der Waals surface area (Å²) in [5.41, 5.74) is 0.885. The van der Waals surface area contributed by atoms with Gasteiger partial charge in [0.2, 0.25) is 0 Å². The van der Waals surface area contributed by atoms with Crippen LogP contribution in [0.25, 0.3) is 22.6 Å². The number of benzene rings is 1. The number of fused-ring (bicyclic) bond motifs is 2. The average Bonchev–Trinajstić information content (AvgIpc) is 2.65. The van der Waals surface area contributed by atoms with Crippen LogP contribution in [0.5, 0.6) is 0 Å². The third kappa shape index (κ3) is 3.35. The Labute approximate surface area is 155 Å². The van der Waals surface area contributed by atoms with Crippen LogP contribution in [0.2, 0.25) is 0 Å². The zero-order valence-corrected chi connectivity index (χ0v) is 15.4. The van der Waals surface area contributed by atoms with Gasteiger partial charge in [0.15, 0.2) is 11.5 Å². The average molecular weight is 369 g/mol. The molecule has 0 bridgehead atoms. The van der Waals surface area contributed by atoms with Gasteiger partial charge in [0.1, 0.15) is 0 Å². The standard InChI is InChI=1S/C18H19N5O2S/c1-22-14-10-12(11-19)6-7-13(14)20-15-16(22)21-18(25)23(17(15)24)8-4-2-3-5-9-26/h6-7,10,26H,2-5,8-9H2,1H3. The van der Waals surface area contributed by atoms with Crippen molar-refractivity contribution in [3.63, 3.8) is 0 Å². The van der Waals surface area contributed by atoms with Crippen LogP contribution in [-0.4, -0.2) is 24.9 Å². The molecule has 2 heterocycles. The molecule has 0 unspecified atom stereocenters. The van der Waals surface area contributed by atoms with E-state index in [1.807, 2.05) is 0 Å². The summed E-state index contributed by atoms with van der Waals surface area (Å²) in [4.78, 5) is 33.6. The number of thiol groups is 1. The van der Waals surface area contributed by atoms with Crippen LogP contribution in [0.1, 0.15) is 31.2 Å². The first-order valence-corrected chi connectivity index (χ1v) is 9.12. The molecule has 0 spiro atoms. The molecule has 134 valence electrons. The van der Waals surface area contributed by atoms with E-state index in [4.69, 9.17) is 5.26 Å². The van der Waals surface area contributed by atoms with Gasteiger partial charge in [-0.1, -0.05) is 12.8 Å². The minimum Gasteiger partial charge on any atom is -0.325 e. The van der Waals surface area contributed by atoms with Crippen molar-refractivity contribution in [1.82, 2.24) is 19.1 Å². The summed E-state index contributed by atoms with van der Waals surface area (Å²) in [5, 5.41) is 9.06. The molecule has 0 saturated heterocycles. The first-order valence-electron chi connectivity index (χ1n) is 8.49. The van der Waals surface area contributed by atoms with E-state index < -0.39 is 11.2 Å². The lowest BCUT2D eigenvalue weighted by molar-refractivity contribution is 0.549. The molecule has 0 saturated carbocycles. The highest BCUT2D eigenvalue weighted by molar-refractivity contribution is 7.80. The van der Waals surface area contributed by atoms with Gasteiger partial charge >= 0.3 is 5.69 Å². The zero-order valence-electron chi connectivity index (χ0n) is 14.5. The highest BCUT2D eigenvalue weighted by Gasteiger charge is 2.20. The van der Waals surface area contributed by atoms with Gasteiger partial charge in [-0.25, -0.2) is 9.78 Å². The van der Waals surface area contributed by atoms with Gasteiger partial charge in [-0.15, -0.1) is 0 Å². The quantitative estimate of drug-likeness (QED) is 0.407. The van der Waals surface area contributed by atoms with Crippen LogP contribution in [0, 0.1) is 11.3 Å². The summed E-state index contributed by atoms with van der Waals surface area (Å²) < 4.78 is 2.80. The molecule has 1 aromatic rings. The fourth-order valence-electron chi connectivity index (χ4n) is 2.97. The predicted molar refractivity (Wildman–Crippen MR) is 103 cm³/mol. The van der Waals surface area contributed by atoms with Crippen molar-refractivity contribution in [2.75, 3.05) is 5.75 Å². The number of nitriles is 1. The lowest BCUT2D eigenvalue weighted by atomic mass is 10.2. The first kappa shape index (κ1) is 18.1. The molecule has 0 aromatic heterocycles. The van der Waals surface area contributed by atoms with E-state index in [1.165, 1.54) is 0 Å². The number of nitrogens with zero attached hydrogens (tertiary/aromatic N) is 5.